The molecule has 1 atom stereocenters. The summed E-state index contributed by atoms with van der Waals surface area (Å²) in [5.74, 6) is 2.15. The molecule has 206 valence electrons. The van der Waals surface area contributed by atoms with E-state index in [1.165, 1.54) is 0 Å². The number of unbranched alkanes of at least 4 members (excludes halogenated alkanes) is 1. The third-order valence-electron chi connectivity index (χ3n) is 7.63. The van der Waals surface area contributed by atoms with Gasteiger partial charge in [0, 0.05) is 6.54 Å². The lowest BCUT2D eigenvalue weighted by Gasteiger charge is -2.26. The van der Waals surface area contributed by atoms with Gasteiger partial charge in [0.05, 0.1) is 30.7 Å². The van der Waals surface area contributed by atoms with E-state index in [1.807, 2.05) is 62.4 Å². The largest absolute Gasteiger partial charge is 0.493 e. The van der Waals surface area contributed by atoms with E-state index in [2.05, 4.69) is 6.92 Å². The van der Waals surface area contributed by atoms with Crippen molar-refractivity contribution < 1.29 is 28.2 Å². The van der Waals surface area contributed by atoms with Crippen LogP contribution in [0, 0.1) is 13.8 Å². The molecule has 1 aromatic heterocycles. The molecule has 0 fully saturated rings. The molecular weight excluding hydrogens is 510 g/mol. The van der Waals surface area contributed by atoms with Crippen molar-refractivity contribution in [2.24, 2.45) is 0 Å². The van der Waals surface area contributed by atoms with Crippen LogP contribution in [0.1, 0.15) is 64.2 Å². The molecule has 2 aliphatic rings. The summed E-state index contributed by atoms with van der Waals surface area (Å²) in [6.45, 7) is 6.97. The van der Waals surface area contributed by atoms with Gasteiger partial charge in [-0.05, 0) is 78.9 Å². The molecule has 40 heavy (non-hydrogen) atoms. The number of aryl methyl sites for hydroxylation is 2. The average molecular weight is 542 g/mol. The predicted octanol–water partition coefficient (Wildman–Crippen LogP) is 6.07. The van der Waals surface area contributed by atoms with Crippen molar-refractivity contribution in [2.45, 2.75) is 46.2 Å². The van der Waals surface area contributed by atoms with Crippen molar-refractivity contribution in [3.8, 4) is 23.0 Å². The Morgan fingerprint density at radius 2 is 1.75 bits per heavy atom. The summed E-state index contributed by atoms with van der Waals surface area (Å²) in [5.41, 5.74) is 4.04. The number of methoxy groups -OCH3 is 1. The summed E-state index contributed by atoms with van der Waals surface area (Å²) in [6, 6.07) is 14.1. The van der Waals surface area contributed by atoms with E-state index in [1.54, 1.807) is 12.0 Å². The topological polar surface area (TPSA) is 87.4 Å². The lowest BCUT2D eigenvalue weighted by molar-refractivity contribution is 0.0714. The number of fused-ring (bicyclic) bond motifs is 3. The number of hydrogen-bond donors (Lipinski definition) is 0. The molecule has 6 rings (SSSR count). The maximum atomic E-state index is 14.0. The Balaban J connectivity index is 1.49. The maximum absolute atomic E-state index is 14.0. The number of hydrogen-bond acceptors (Lipinski definition) is 7. The molecule has 0 radical (unpaired) electrons. The fraction of sp³-hybridized carbons (Fsp3) is 0.312. The lowest BCUT2D eigenvalue weighted by atomic mass is 9.97. The summed E-state index contributed by atoms with van der Waals surface area (Å²) >= 11 is 0. The second-order valence-electron chi connectivity index (χ2n) is 10.2. The van der Waals surface area contributed by atoms with Gasteiger partial charge in [0.15, 0.2) is 28.4 Å². The number of carbonyl (C=O) groups excluding carboxylic acids is 1. The highest BCUT2D eigenvalue weighted by molar-refractivity contribution is 5.99. The van der Waals surface area contributed by atoms with Gasteiger partial charge in [0.1, 0.15) is 5.58 Å². The molecule has 8 nitrogen and oxygen atoms in total. The van der Waals surface area contributed by atoms with Crippen molar-refractivity contribution in [2.75, 3.05) is 20.5 Å². The molecule has 0 aliphatic carbocycles. The van der Waals surface area contributed by atoms with Crippen molar-refractivity contribution in [3.63, 3.8) is 0 Å². The van der Waals surface area contributed by atoms with E-state index in [0.717, 1.165) is 35.1 Å². The van der Waals surface area contributed by atoms with Crippen LogP contribution in [0.3, 0.4) is 0 Å². The highest BCUT2D eigenvalue weighted by Crippen LogP contribution is 2.42. The fourth-order valence-electron chi connectivity index (χ4n) is 5.32. The monoisotopic (exact) mass is 541 g/mol. The van der Waals surface area contributed by atoms with Gasteiger partial charge in [0.2, 0.25) is 12.6 Å². The Morgan fingerprint density at radius 3 is 2.55 bits per heavy atom. The lowest BCUT2D eigenvalue weighted by Crippen LogP contribution is -2.29. The molecule has 1 amide bonds. The molecule has 8 heteroatoms. The smallest absolute Gasteiger partial charge is 0.291 e. The Hall–Kier alpha value is -4.46. The normalized spacial score (nSPS) is 15.6. The second-order valence-corrected chi connectivity index (χ2v) is 10.2. The van der Waals surface area contributed by atoms with Crippen LogP contribution in [0.15, 0.2) is 57.7 Å². The second kappa shape index (κ2) is 10.3. The highest BCUT2D eigenvalue weighted by Gasteiger charge is 2.43. The SMILES string of the molecule is CCCCOc1ccc(C2c3c(oc4cc(C)c(C)cc4c3=O)C(=O)N2Cc2ccc3c(c2)OCO3)cc1OC. The first-order valence-electron chi connectivity index (χ1n) is 13.5. The molecule has 0 saturated heterocycles. The number of amides is 1. The first-order chi connectivity index (χ1) is 19.4. The Bertz CT molecular complexity index is 1690. The molecule has 3 aromatic carbocycles. The van der Waals surface area contributed by atoms with Gasteiger partial charge in [-0.15, -0.1) is 0 Å². The Labute approximate surface area is 232 Å². The summed E-state index contributed by atoms with van der Waals surface area (Å²) in [5, 5.41) is 0.455. The van der Waals surface area contributed by atoms with Gasteiger partial charge >= 0.3 is 0 Å². The minimum Gasteiger partial charge on any atom is -0.493 e. The first kappa shape index (κ1) is 25.8. The van der Waals surface area contributed by atoms with E-state index in [0.29, 0.717) is 46.1 Å². The number of benzene rings is 3. The minimum atomic E-state index is -0.686. The fourth-order valence-corrected chi connectivity index (χ4v) is 5.32. The molecule has 3 heterocycles. The standard InChI is InChI=1S/C32H31NO7/c1-5-6-11-37-23-10-8-21(15-26(23)36-4)29-28-30(34)22-12-18(2)19(3)13-25(22)40-31(28)32(35)33(29)16-20-7-9-24-27(14-20)39-17-38-24/h7-10,12-15,29H,5-6,11,16-17H2,1-4H3. The van der Waals surface area contributed by atoms with Crippen LogP contribution in [0.25, 0.3) is 11.0 Å². The van der Waals surface area contributed by atoms with E-state index in [-0.39, 0.29) is 30.4 Å². The van der Waals surface area contributed by atoms with Gasteiger partial charge in [0.25, 0.3) is 5.91 Å². The van der Waals surface area contributed by atoms with Gasteiger partial charge < -0.3 is 28.3 Å². The molecule has 0 bridgehead atoms. The van der Waals surface area contributed by atoms with Crippen LogP contribution in [-0.2, 0) is 6.54 Å². The van der Waals surface area contributed by atoms with Gasteiger partial charge in [-0.1, -0.05) is 25.5 Å². The van der Waals surface area contributed by atoms with Crippen molar-refractivity contribution in [3.05, 3.63) is 92.3 Å². The van der Waals surface area contributed by atoms with Crippen LogP contribution in [-0.4, -0.2) is 31.3 Å². The van der Waals surface area contributed by atoms with Gasteiger partial charge in [-0.3, -0.25) is 9.59 Å². The molecule has 1 unspecified atom stereocenters. The van der Waals surface area contributed by atoms with Crippen LogP contribution >= 0.6 is 0 Å². The molecule has 2 aliphatic heterocycles. The summed E-state index contributed by atoms with van der Waals surface area (Å²) < 4.78 is 28.8. The summed E-state index contributed by atoms with van der Waals surface area (Å²) in [4.78, 5) is 29.6. The Morgan fingerprint density at radius 1 is 0.950 bits per heavy atom. The van der Waals surface area contributed by atoms with Crippen molar-refractivity contribution >= 4 is 16.9 Å². The maximum Gasteiger partial charge on any atom is 0.291 e. The summed E-state index contributed by atoms with van der Waals surface area (Å²) in [6.07, 6.45) is 1.94. The summed E-state index contributed by atoms with van der Waals surface area (Å²) in [7, 11) is 1.58. The number of rotatable bonds is 8. The van der Waals surface area contributed by atoms with E-state index < -0.39 is 6.04 Å². The zero-order valence-corrected chi connectivity index (χ0v) is 23.0. The van der Waals surface area contributed by atoms with Crippen LogP contribution < -0.4 is 24.4 Å². The number of ether oxygens (including phenoxy) is 4. The van der Waals surface area contributed by atoms with Crippen LogP contribution in [0.4, 0.5) is 0 Å². The molecule has 0 N–H and O–H groups in total. The van der Waals surface area contributed by atoms with E-state index >= 15 is 0 Å². The molecule has 0 spiro atoms. The van der Waals surface area contributed by atoms with Crippen LogP contribution in [0.5, 0.6) is 23.0 Å². The average Bonchev–Trinajstić information content (AvgIpc) is 3.53. The van der Waals surface area contributed by atoms with E-state index in [4.69, 9.17) is 23.4 Å². The van der Waals surface area contributed by atoms with Crippen molar-refractivity contribution in [1.82, 2.24) is 4.90 Å². The van der Waals surface area contributed by atoms with Crippen molar-refractivity contribution in [1.29, 1.82) is 0 Å². The third-order valence-corrected chi connectivity index (χ3v) is 7.63. The third kappa shape index (κ3) is 4.33. The zero-order valence-electron chi connectivity index (χ0n) is 23.0. The van der Waals surface area contributed by atoms with Gasteiger partial charge in [-0.2, -0.15) is 0 Å². The quantitative estimate of drug-likeness (QED) is 0.250. The molecular formula is C32H31NO7. The highest BCUT2D eigenvalue weighted by atomic mass is 16.7. The van der Waals surface area contributed by atoms with Crippen LogP contribution in [0.2, 0.25) is 0 Å². The molecule has 0 saturated carbocycles. The minimum absolute atomic E-state index is 0.0636. The number of nitrogens with zero attached hydrogens (tertiary/aromatic N) is 1. The zero-order chi connectivity index (χ0) is 28.0. The Kier molecular flexibility index (Phi) is 6.62. The van der Waals surface area contributed by atoms with E-state index in [9.17, 15) is 9.59 Å². The predicted molar refractivity (Wildman–Crippen MR) is 150 cm³/mol. The van der Waals surface area contributed by atoms with Gasteiger partial charge in [-0.25, -0.2) is 0 Å². The first-order valence-corrected chi connectivity index (χ1v) is 13.5. The molecule has 4 aromatic rings. The number of carbonyl (C=O) groups is 1.